The molecule has 12 nitrogen and oxygen atoms in total. The predicted octanol–water partition coefficient (Wildman–Crippen LogP) is 8.44. The molecule has 0 saturated heterocycles. The number of nitrogen functional groups attached to an aromatic ring is 1. The van der Waals surface area contributed by atoms with Gasteiger partial charge in [-0.25, -0.2) is 13.8 Å². The van der Waals surface area contributed by atoms with Crippen molar-refractivity contribution in [1.82, 2.24) is 40.0 Å². The molecule has 0 spiro atoms. The Morgan fingerprint density at radius 1 is 1.05 bits per heavy atom. The molecule has 7 rings (SSSR count). The highest BCUT2D eigenvalue weighted by Crippen LogP contribution is 2.25. The minimum atomic E-state index is -1.00. The Morgan fingerprint density at radius 2 is 1.79 bits per heavy atom. The molecule has 6 heterocycles. The molecule has 1 amide bonds. The molecule has 7 aromatic rings. The molecule has 0 aliphatic heterocycles. The maximum atomic E-state index is 13.3. The highest BCUT2D eigenvalue weighted by molar-refractivity contribution is 9.10. The number of fused-ring (bicyclic) bond motifs is 2. The molecule has 0 radical (unpaired) electrons. The first kappa shape index (κ1) is 41.3. The van der Waals surface area contributed by atoms with Gasteiger partial charge in [-0.05, 0) is 92.7 Å². The summed E-state index contributed by atoms with van der Waals surface area (Å²) in [6, 6.07) is 12.9. The van der Waals surface area contributed by atoms with Gasteiger partial charge in [0.15, 0.2) is 17.8 Å². The quantitative estimate of drug-likeness (QED) is 0.154. The first-order valence-electron chi connectivity index (χ1n) is 16.7. The van der Waals surface area contributed by atoms with Gasteiger partial charge in [-0.3, -0.25) is 38.6 Å². The number of aryl methyl sites for hydroxylation is 2. The van der Waals surface area contributed by atoms with Crippen molar-refractivity contribution < 1.29 is 24.1 Å². The SMILES string of the molecule is Cc1cc(N)nc(C)c1CNC(=O)c1nn(Cc2ccc3ncc(Cl)cc3c2)c2cncc(C#N)c12.Fc1cncc(Br)c1.O=Cc1c(F)cncc1Br.[2H]CF. The third-order valence-corrected chi connectivity index (χ3v) is 8.99. The molecule has 0 atom stereocenters. The number of carbonyl (C=O) groups excluding carboxylic acids is 2. The van der Waals surface area contributed by atoms with Crippen LogP contribution in [0.2, 0.25) is 5.02 Å². The first-order chi connectivity index (χ1) is 27.3. The Labute approximate surface area is 341 Å². The number of aldehydes is 1. The van der Waals surface area contributed by atoms with Crippen LogP contribution in [0.15, 0.2) is 88.7 Å². The summed E-state index contributed by atoms with van der Waals surface area (Å²) in [6.45, 7) is 4.38. The van der Waals surface area contributed by atoms with E-state index in [1.54, 1.807) is 23.1 Å². The van der Waals surface area contributed by atoms with Gasteiger partial charge in [0.25, 0.3) is 5.91 Å². The Kier molecular flexibility index (Phi) is 14.9. The van der Waals surface area contributed by atoms with Crippen molar-refractivity contribution in [1.29, 1.82) is 5.26 Å². The summed E-state index contributed by atoms with van der Waals surface area (Å²) in [5.74, 6) is -0.891. The van der Waals surface area contributed by atoms with Crippen molar-refractivity contribution in [3.8, 4) is 6.07 Å². The molecule has 3 N–H and O–H groups in total. The van der Waals surface area contributed by atoms with E-state index in [2.05, 4.69) is 73.3 Å². The lowest BCUT2D eigenvalue weighted by Gasteiger charge is -2.11. The number of hydrogen-bond donors (Lipinski definition) is 2. The van der Waals surface area contributed by atoms with Gasteiger partial charge in [0, 0.05) is 51.4 Å². The molecular formula is C38H30Br2ClF3N10O2. The summed E-state index contributed by atoms with van der Waals surface area (Å²) in [5, 5.41) is 19.1. The van der Waals surface area contributed by atoms with Crippen LogP contribution < -0.4 is 11.1 Å². The number of hydrogen-bond acceptors (Lipinski definition) is 10. The van der Waals surface area contributed by atoms with E-state index in [1.165, 1.54) is 24.7 Å². The lowest BCUT2D eigenvalue weighted by atomic mass is 10.1. The van der Waals surface area contributed by atoms with Crippen LogP contribution in [0.1, 0.15) is 50.2 Å². The number of pyridine rings is 5. The van der Waals surface area contributed by atoms with Gasteiger partial charge in [-0.2, -0.15) is 10.4 Å². The number of nitrogens with one attached hydrogen (secondary N) is 1. The third-order valence-electron chi connectivity index (χ3n) is 7.72. The van der Waals surface area contributed by atoms with Crippen LogP contribution in [0, 0.1) is 36.8 Å². The Bertz CT molecular complexity index is 2530. The summed E-state index contributed by atoms with van der Waals surface area (Å²) in [5.41, 5.74) is 11.2. The number of halogens is 6. The average Bonchev–Trinajstić information content (AvgIpc) is 3.53. The predicted molar refractivity (Wildman–Crippen MR) is 214 cm³/mol. The van der Waals surface area contributed by atoms with Crippen LogP contribution in [-0.2, 0) is 13.1 Å². The maximum Gasteiger partial charge on any atom is 0.272 e. The summed E-state index contributed by atoms with van der Waals surface area (Å²) < 4.78 is 42.8. The van der Waals surface area contributed by atoms with Gasteiger partial charge in [0.05, 0.1) is 66.2 Å². The van der Waals surface area contributed by atoms with Crippen molar-refractivity contribution in [2.75, 3.05) is 12.9 Å². The molecule has 0 aliphatic carbocycles. The fourth-order valence-electron chi connectivity index (χ4n) is 5.24. The number of benzene rings is 1. The fourth-order valence-corrected chi connectivity index (χ4v) is 6.14. The van der Waals surface area contributed by atoms with E-state index >= 15 is 0 Å². The van der Waals surface area contributed by atoms with E-state index < -0.39 is 18.9 Å². The zero-order valence-corrected chi connectivity index (χ0v) is 33.4. The van der Waals surface area contributed by atoms with Crippen LogP contribution in [0.5, 0.6) is 0 Å². The van der Waals surface area contributed by atoms with Gasteiger partial charge in [0.1, 0.15) is 17.7 Å². The Hall–Kier alpha value is -5.83. The topological polar surface area (TPSA) is 178 Å². The van der Waals surface area contributed by atoms with E-state index in [0.29, 0.717) is 43.5 Å². The van der Waals surface area contributed by atoms with Crippen LogP contribution >= 0.6 is 43.5 Å². The number of rotatable bonds is 6. The molecule has 18 heteroatoms. The summed E-state index contributed by atoms with van der Waals surface area (Å²) in [6.07, 6.45) is 10.1. The van der Waals surface area contributed by atoms with Crippen LogP contribution in [0.4, 0.5) is 19.0 Å². The fraction of sp³-hybridized carbons (Fsp3) is 0.132. The second-order valence-corrected chi connectivity index (χ2v) is 13.7. The van der Waals surface area contributed by atoms with Crippen LogP contribution in [0.3, 0.4) is 0 Å². The number of nitriles is 1. The average molecular weight is 912 g/mol. The number of amides is 1. The number of aromatic nitrogens is 7. The summed E-state index contributed by atoms with van der Waals surface area (Å²) in [7, 11) is -1.00. The third kappa shape index (κ3) is 10.9. The normalized spacial score (nSPS) is 10.4. The number of nitrogens with zero attached hydrogens (tertiary/aromatic N) is 8. The number of carbonyl (C=O) groups is 2. The Morgan fingerprint density at radius 3 is 2.41 bits per heavy atom. The molecule has 0 fully saturated rings. The highest BCUT2D eigenvalue weighted by Gasteiger charge is 2.21. The van der Waals surface area contributed by atoms with E-state index in [-0.39, 0.29) is 29.2 Å². The van der Waals surface area contributed by atoms with Crippen molar-refractivity contribution in [2.24, 2.45) is 0 Å². The minimum absolute atomic E-state index is 0.00926. The van der Waals surface area contributed by atoms with Crippen molar-refractivity contribution >= 4 is 83.3 Å². The zero-order chi connectivity index (χ0) is 41.6. The summed E-state index contributed by atoms with van der Waals surface area (Å²) >= 11 is 12.1. The highest BCUT2D eigenvalue weighted by atomic mass is 79.9. The first-order valence-corrected chi connectivity index (χ1v) is 17.9. The van der Waals surface area contributed by atoms with Crippen LogP contribution in [0.25, 0.3) is 21.8 Å². The van der Waals surface area contributed by atoms with Crippen molar-refractivity contribution in [2.45, 2.75) is 26.9 Å². The standard InChI is InChI=1S/C26H21ClN8O.C6H3BrFNO.C5H3BrFN.CH3F/c1-14-5-23(29)33-15(2)20(14)11-32-26(36)25-24-18(8-28)9-30-12-22(24)35(34-25)13-16-3-4-21-17(6-16)7-19(27)10-31-21;7-5-1-9-2-6(8)4(5)3-10;6-4-1-5(7)3-8-2-4;1-2/h3-7,9-10,12H,11,13H2,1-2H3,(H2,29,33)(H,32,36);1-3H;1-3H;1H3/i;;;1D. The van der Waals surface area contributed by atoms with E-state index in [9.17, 15) is 28.0 Å². The van der Waals surface area contributed by atoms with Gasteiger partial charge in [-0.15, -0.1) is 0 Å². The van der Waals surface area contributed by atoms with Gasteiger partial charge < -0.3 is 11.1 Å². The second-order valence-electron chi connectivity index (χ2n) is 11.4. The molecular weight excluding hydrogens is 881 g/mol. The maximum absolute atomic E-state index is 13.3. The molecule has 0 saturated carbocycles. The van der Waals surface area contributed by atoms with Gasteiger partial charge >= 0.3 is 0 Å². The number of anilines is 1. The molecule has 1 aromatic carbocycles. The number of alkyl halides is 1. The number of nitrogens with two attached hydrogens (primary N) is 1. The van der Waals surface area contributed by atoms with E-state index in [0.717, 1.165) is 45.7 Å². The van der Waals surface area contributed by atoms with E-state index in [4.69, 9.17) is 18.7 Å². The van der Waals surface area contributed by atoms with Gasteiger partial charge in [-0.1, -0.05) is 17.7 Å². The molecule has 286 valence electrons. The lowest BCUT2D eigenvalue weighted by Crippen LogP contribution is -2.25. The monoisotopic (exact) mass is 909 g/mol. The minimum Gasteiger partial charge on any atom is -0.384 e. The largest absolute Gasteiger partial charge is 0.384 e. The smallest absolute Gasteiger partial charge is 0.272 e. The van der Waals surface area contributed by atoms with Crippen molar-refractivity contribution in [3.05, 3.63) is 145 Å². The van der Waals surface area contributed by atoms with Gasteiger partial charge in [0.2, 0.25) is 0 Å². The Balaban J connectivity index is 0.000000278. The zero-order valence-electron chi connectivity index (χ0n) is 30.4. The molecule has 0 bridgehead atoms. The van der Waals surface area contributed by atoms with E-state index in [1.807, 2.05) is 38.1 Å². The van der Waals surface area contributed by atoms with Crippen molar-refractivity contribution in [3.63, 3.8) is 0 Å². The molecule has 0 unspecified atom stereocenters. The lowest BCUT2D eigenvalue weighted by molar-refractivity contribution is 0.0946. The second kappa shape index (κ2) is 20.2. The summed E-state index contributed by atoms with van der Waals surface area (Å²) in [4.78, 5) is 43.3. The molecule has 56 heavy (non-hydrogen) atoms. The van der Waals surface area contributed by atoms with Crippen LogP contribution in [-0.4, -0.2) is 54.0 Å². The molecule has 6 aromatic heterocycles. The molecule has 0 aliphatic rings.